The summed E-state index contributed by atoms with van der Waals surface area (Å²) in [6, 6.07) is 0. The predicted molar refractivity (Wildman–Crippen MR) is 44.5 cm³/mol. The third-order valence-corrected chi connectivity index (χ3v) is 0.593. The molecule has 68 valence electrons. The number of methoxy groups -OCH3 is 1. The van der Waals surface area contributed by atoms with Crippen LogP contribution in [-0.4, -0.2) is 26.3 Å². The standard InChI is InChI=1S/C5H10O3.C3H8/c1-5(6)8-4-3-7-2;1-3-2/h3-4H2,1-2H3;3H2,1-2H3. The Hall–Kier alpha value is -0.570. The summed E-state index contributed by atoms with van der Waals surface area (Å²) in [6.45, 7) is 6.45. The predicted octanol–water partition coefficient (Wildman–Crippen LogP) is 1.61. The average molecular weight is 162 g/mol. The van der Waals surface area contributed by atoms with E-state index in [-0.39, 0.29) is 5.97 Å². The molecule has 0 spiro atoms. The Balaban J connectivity index is 0. The van der Waals surface area contributed by atoms with Crippen molar-refractivity contribution in [3.05, 3.63) is 0 Å². The van der Waals surface area contributed by atoms with E-state index in [1.54, 1.807) is 7.11 Å². The van der Waals surface area contributed by atoms with Crippen molar-refractivity contribution in [1.82, 2.24) is 0 Å². The maximum atomic E-state index is 10.0. The molecule has 0 aromatic heterocycles. The number of hydrogen-bond donors (Lipinski definition) is 0. The Morgan fingerprint density at radius 1 is 1.27 bits per heavy atom. The van der Waals surface area contributed by atoms with E-state index >= 15 is 0 Å². The van der Waals surface area contributed by atoms with Crippen LogP contribution in [0.5, 0.6) is 0 Å². The molecule has 0 radical (unpaired) electrons. The number of carbonyl (C=O) groups is 1. The quantitative estimate of drug-likeness (QED) is 0.467. The van der Waals surface area contributed by atoms with Gasteiger partial charge in [-0.05, 0) is 0 Å². The smallest absolute Gasteiger partial charge is 0.302 e. The molecule has 0 aromatic rings. The number of ether oxygens (including phenoxy) is 2. The molecule has 0 aromatic carbocycles. The number of hydrogen-bond acceptors (Lipinski definition) is 3. The van der Waals surface area contributed by atoms with Crippen LogP contribution in [0.25, 0.3) is 0 Å². The SMILES string of the molecule is CCC.COCCOC(C)=O. The van der Waals surface area contributed by atoms with Crippen LogP contribution in [-0.2, 0) is 14.3 Å². The van der Waals surface area contributed by atoms with Crippen molar-refractivity contribution in [2.75, 3.05) is 20.3 Å². The minimum Gasteiger partial charge on any atom is -0.463 e. The van der Waals surface area contributed by atoms with Gasteiger partial charge in [0.15, 0.2) is 0 Å². The third kappa shape index (κ3) is 26.5. The van der Waals surface area contributed by atoms with Crippen molar-refractivity contribution in [3.63, 3.8) is 0 Å². The number of esters is 1. The number of rotatable bonds is 3. The zero-order chi connectivity index (χ0) is 9.11. The molecule has 0 aliphatic heterocycles. The molecule has 0 bridgehead atoms. The molecule has 11 heavy (non-hydrogen) atoms. The van der Waals surface area contributed by atoms with E-state index in [1.165, 1.54) is 13.3 Å². The van der Waals surface area contributed by atoms with Crippen LogP contribution in [0.2, 0.25) is 0 Å². The average Bonchev–Trinajstić information content (AvgIpc) is 1.89. The van der Waals surface area contributed by atoms with Crippen LogP contribution >= 0.6 is 0 Å². The fourth-order valence-electron chi connectivity index (χ4n) is 0.269. The van der Waals surface area contributed by atoms with Crippen molar-refractivity contribution in [2.45, 2.75) is 27.2 Å². The van der Waals surface area contributed by atoms with Crippen LogP contribution in [0.15, 0.2) is 0 Å². The van der Waals surface area contributed by atoms with Crippen molar-refractivity contribution < 1.29 is 14.3 Å². The van der Waals surface area contributed by atoms with Crippen molar-refractivity contribution in [3.8, 4) is 0 Å². The van der Waals surface area contributed by atoms with Gasteiger partial charge in [-0.3, -0.25) is 4.79 Å². The zero-order valence-corrected chi connectivity index (χ0v) is 7.85. The molecule has 0 rings (SSSR count). The first-order valence-corrected chi connectivity index (χ1v) is 3.81. The molecule has 0 unspecified atom stereocenters. The summed E-state index contributed by atoms with van der Waals surface area (Å²) in [5, 5.41) is 0. The van der Waals surface area contributed by atoms with E-state index < -0.39 is 0 Å². The van der Waals surface area contributed by atoms with Crippen molar-refractivity contribution in [1.29, 1.82) is 0 Å². The highest BCUT2D eigenvalue weighted by Gasteiger charge is 1.88. The summed E-state index contributed by atoms with van der Waals surface area (Å²) in [5.74, 6) is -0.262. The molecule has 0 saturated heterocycles. The number of carbonyl (C=O) groups excluding carboxylic acids is 1. The van der Waals surface area contributed by atoms with E-state index in [9.17, 15) is 4.79 Å². The Kier molecular flexibility index (Phi) is 14.4. The van der Waals surface area contributed by atoms with Crippen LogP contribution in [0.4, 0.5) is 0 Å². The Labute approximate surface area is 68.7 Å². The topological polar surface area (TPSA) is 35.5 Å². The Morgan fingerprint density at radius 3 is 2.00 bits per heavy atom. The molecule has 0 N–H and O–H groups in total. The van der Waals surface area contributed by atoms with Gasteiger partial charge in [-0.15, -0.1) is 0 Å². The third-order valence-electron chi connectivity index (χ3n) is 0.593. The second kappa shape index (κ2) is 12.1. The molecule has 0 amide bonds. The minimum absolute atomic E-state index is 0.262. The lowest BCUT2D eigenvalue weighted by atomic mass is 10.6. The molecule has 0 aliphatic rings. The first kappa shape index (κ1) is 13.1. The molecule has 3 nitrogen and oxygen atoms in total. The van der Waals surface area contributed by atoms with Crippen molar-refractivity contribution >= 4 is 5.97 Å². The zero-order valence-electron chi connectivity index (χ0n) is 7.85. The van der Waals surface area contributed by atoms with Crippen LogP contribution in [0.3, 0.4) is 0 Å². The first-order chi connectivity index (χ1) is 5.18. The highest BCUT2D eigenvalue weighted by molar-refractivity contribution is 5.65. The molecular formula is C8H18O3. The van der Waals surface area contributed by atoms with Gasteiger partial charge >= 0.3 is 5.97 Å². The summed E-state index contributed by atoms with van der Waals surface area (Å²) < 4.78 is 9.13. The van der Waals surface area contributed by atoms with Gasteiger partial charge in [0.2, 0.25) is 0 Å². The van der Waals surface area contributed by atoms with Gasteiger partial charge in [0, 0.05) is 14.0 Å². The van der Waals surface area contributed by atoms with Gasteiger partial charge in [0.05, 0.1) is 6.61 Å². The summed E-state index contributed by atoms with van der Waals surface area (Å²) in [6.07, 6.45) is 1.25. The fourth-order valence-corrected chi connectivity index (χ4v) is 0.269. The molecular weight excluding hydrogens is 144 g/mol. The lowest BCUT2D eigenvalue weighted by Crippen LogP contribution is -2.05. The summed E-state index contributed by atoms with van der Waals surface area (Å²) >= 11 is 0. The normalized spacial score (nSPS) is 8.00. The largest absolute Gasteiger partial charge is 0.463 e. The lowest BCUT2D eigenvalue weighted by Gasteiger charge is -1.97. The van der Waals surface area contributed by atoms with Gasteiger partial charge in [-0.25, -0.2) is 0 Å². The van der Waals surface area contributed by atoms with E-state index in [0.29, 0.717) is 13.2 Å². The fraction of sp³-hybridized carbons (Fsp3) is 0.875. The van der Waals surface area contributed by atoms with E-state index in [2.05, 4.69) is 23.3 Å². The second-order valence-electron chi connectivity index (χ2n) is 2.04. The van der Waals surface area contributed by atoms with Crippen molar-refractivity contribution in [2.24, 2.45) is 0 Å². The molecule has 0 atom stereocenters. The summed E-state index contributed by atoms with van der Waals surface area (Å²) in [4.78, 5) is 10.0. The lowest BCUT2D eigenvalue weighted by molar-refractivity contribution is -0.142. The second-order valence-corrected chi connectivity index (χ2v) is 2.04. The van der Waals surface area contributed by atoms with Gasteiger partial charge in [0.25, 0.3) is 0 Å². The van der Waals surface area contributed by atoms with Gasteiger partial charge in [-0.1, -0.05) is 20.3 Å². The van der Waals surface area contributed by atoms with Crippen LogP contribution in [0, 0.1) is 0 Å². The van der Waals surface area contributed by atoms with Gasteiger partial charge in [0.1, 0.15) is 6.61 Å². The van der Waals surface area contributed by atoms with E-state index in [0.717, 1.165) is 0 Å². The maximum absolute atomic E-state index is 10.0. The van der Waals surface area contributed by atoms with Gasteiger partial charge in [-0.2, -0.15) is 0 Å². The van der Waals surface area contributed by atoms with Crippen LogP contribution in [0.1, 0.15) is 27.2 Å². The van der Waals surface area contributed by atoms with E-state index in [1.807, 2.05) is 0 Å². The molecule has 0 saturated carbocycles. The molecule has 0 aliphatic carbocycles. The highest BCUT2D eigenvalue weighted by Crippen LogP contribution is 1.74. The molecule has 0 fully saturated rings. The summed E-state index contributed by atoms with van der Waals surface area (Å²) in [7, 11) is 1.56. The minimum atomic E-state index is -0.262. The van der Waals surface area contributed by atoms with Crippen LogP contribution < -0.4 is 0 Å². The highest BCUT2D eigenvalue weighted by atomic mass is 16.6. The molecule has 3 heteroatoms. The Bertz CT molecular complexity index is 81.4. The van der Waals surface area contributed by atoms with E-state index in [4.69, 9.17) is 0 Å². The maximum Gasteiger partial charge on any atom is 0.302 e. The monoisotopic (exact) mass is 162 g/mol. The first-order valence-electron chi connectivity index (χ1n) is 3.81. The van der Waals surface area contributed by atoms with Gasteiger partial charge < -0.3 is 9.47 Å². The molecule has 0 heterocycles. The summed E-state index contributed by atoms with van der Waals surface area (Å²) in [5.41, 5.74) is 0. The Morgan fingerprint density at radius 2 is 1.73 bits per heavy atom.